The Morgan fingerprint density at radius 3 is 2.79 bits per heavy atom. The number of aliphatic imine (C=N–C) groups is 1. The van der Waals surface area contributed by atoms with Crippen LogP contribution < -0.4 is 0 Å². The van der Waals surface area contributed by atoms with Crippen LogP contribution in [0.25, 0.3) is 0 Å². The van der Waals surface area contributed by atoms with Crippen molar-refractivity contribution >= 4 is 11.4 Å². The van der Waals surface area contributed by atoms with Crippen molar-refractivity contribution in [1.29, 1.82) is 0 Å². The van der Waals surface area contributed by atoms with Crippen molar-refractivity contribution < 1.29 is 4.92 Å². The van der Waals surface area contributed by atoms with E-state index in [0.717, 1.165) is 29.8 Å². The van der Waals surface area contributed by atoms with E-state index in [9.17, 15) is 10.1 Å². The summed E-state index contributed by atoms with van der Waals surface area (Å²) in [7, 11) is 0. The molecule has 0 spiro atoms. The van der Waals surface area contributed by atoms with Crippen LogP contribution >= 0.6 is 0 Å². The van der Waals surface area contributed by atoms with Gasteiger partial charge in [0, 0.05) is 29.8 Å². The van der Waals surface area contributed by atoms with Crippen molar-refractivity contribution in [2.75, 3.05) is 6.54 Å². The number of fused-ring (bicyclic) bond motifs is 1. The first-order chi connectivity index (χ1) is 9.25. The molecule has 4 nitrogen and oxygen atoms in total. The number of nitro benzene ring substituents is 1. The summed E-state index contributed by atoms with van der Waals surface area (Å²) in [5.74, 6) is 0. The SMILES string of the molecule is O=[N+]([O-])c1cccc(C2=NCCc3ccccc32)c1. The lowest BCUT2D eigenvalue weighted by molar-refractivity contribution is -0.384. The minimum absolute atomic E-state index is 0.100. The number of nitro groups is 1. The monoisotopic (exact) mass is 252 g/mol. The third-order valence-electron chi connectivity index (χ3n) is 3.25. The minimum atomic E-state index is -0.376. The molecule has 0 saturated carbocycles. The quantitative estimate of drug-likeness (QED) is 0.609. The molecule has 0 N–H and O–H groups in total. The van der Waals surface area contributed by atoms with E-state index in [1.807, 2.05) is 24.3 Å². The van der Waals surface area contributed by atoms with Crippen LogP contribution in [-0.2, 0) is 6.42 Å². The first kappa shape index (κ1) is 11.6. The van der Waals surface area contributed by atoms with Crippen molar-refractivity contribution in [3.05, 3.63) is 75.3 Å². The van der Waals surface area contributed by atoms with Crippen molar-refractivity contribution in [3.8, 4) is 0 Å². The summed E-state index contributed by atoms with van der Waals surface area (Å²) in [6, 6.07) is 14.7. The van der Waals surface area contributed by atoms with Crippen LogP contribution in [0.4, 0.5) is 5.69 Å². The molecule has 2 aromatic rings. The molecular formula is C15H12N2O2. The van der Waals surface area contributed by atoms with Crippen LogP contribution in [0.15, 0.2) is 53.5 Å². The van der Waals surface area contributed by atoms with Gasteiger partial charge >= 0.3 is 0 Å². The first-order valence-corrected chi connectivity index (χ1v) is 6.13. The van der Waals surface area contributed by atoms with Crippen molar-refractivity contribution in [1.82, 2.24) is 0 Å². The van der Waals surface area contributed by atoms with Gasteiger partial charge in [0.2, 0.25) is 0 Å². The predicted molar refractivity (Wildman–Crippen MR) is 73.7 cm³/mol. The third kappa shape index (κ3) is 2.12. The van der Waals surface area contributed by atoms with E-state index in [1.165, 1.54) is 11.6 Å². The van der Waals surface area contributed by atoms with Gasteiger partial charge in [0.05, 0.1) is 10.6 Å². The smallest absolute Gasteiger partial charge is 0.270 e. The molecule has 1 aliphatic rings. The highest BCUT2D eigenvalue weighted by Gasteiger charge is 2.17. The fourth-order valence-corrected chi connectivity index (χ4v) is 2.36. The highest BCUT2D eigenvalue weighted by molar-refractivity contribution is 6.14. The van der Waals surface area contributed by atoms with Gasteiger partial charge in [-0.1, -0.05) is 36.4 Å². The van der Waals surface area contributed by atoms with E-state index in [1.54, 1.807) is 12.1 Å². The highest BCUT2D eigenvalue weighted by Crippen LogP contribution is 2.22. The molecule has 0 radical (unpaired) electrons. The maximum atomic E-state index is 10.8. The Bertz CT molecular complexity index is 677. The van der Waals surface area contributed by atoms with E-state index >= 15 is 0 Å². The average molecular weight is 252 g/mol. The van der Waals surface area contributed by atoms with E-state index in [-0.39, 0.29) is 10.6 Å². The zero-order valence-electron chi connectivity index (χ0n) is 10.2. The molecule has 19 heavy (non-hydrogen) atoms. The Hall–Kier alpha value is -2.49. The molecule has 1 heterocycles. The first-order valence-electron chi connectivity index (χ1n) is 6.13. The van der Waals surface area contributed by atoms with E-state index in [4.69, 9.17) is 0 Å². The van der Waals surface area contributed by atoms with E-state index in [2.05, 4.69) is 11.1 Å². The van der Waals surface area contributed by atoms with Crippen LogP contribution in [0.5, 0.6) is 0 Å². The predicted octanol–water partition coefficient (Wildman–Crippen LogP) is 2.99. The molecule has 0 fully saturated rings. The molecule has 1 aliphatic heterocycles. The minimum Gasteiger partial charge on any atom is -0.284 e. The standard InChI is InChI=1S/C15H12N2O2/c18-17(19)13-6-3-5-12(10-13)15-14-7-2-1-4-11(14)8-9-16-15/h1-7,10H,8-9H2. The number of nitrogens with zero attached hydrogens (tertiary/aromatic N) is 2. The Morgan fingerprint density at radius 2 is 1.95 bits per heavy atom. The maximum Gasteiger partial charge on any atom is 0.270 e. The average Bonchev–Trinajstić information content (AvgIpc) is 2.47. The molecule has 3 rings (SSSR count). The second kappa shape index (κ2) is 4.65. The van der Waals surface area contributed by atoms with Gasteiger partial charge in [0.15, 0.2) is 0 Å². The lowest BCUT2D eigenvalue weighted by Gasteiger charge is -2.16. The molecule has 4 heteroatoms. The maximum absolute atomic E-state index is 10.8. The Balaban J connectivity index is 2.10. The fraction of sp³-hybridized carbons (Fsp3) is 0.133. The Morgan fingerprint density at radius 1 is 1.11 bits per heavy atom. The van der Waals surface area contributed by atoms with Gasteiger partial charge in [-0.3, -0.25) is 15.1 Å². The van der Waals surface area contributed by atoms with E-state index < -0.39 is 0 Å². The third-order valence-corrected chi connectivity index (χ3v) is 3.25. The van der Waals surface area contributed by atoms with Crippen molar-refractivity contribution in [3.63, 3.8) is 0 Å². The lowest BCUT2D eigenvalue weighted by atomic mass is 9.93. The lowest BCUT2D eigenvalue weighted by Crippen LogP contribution is -2.14. The van der Waals surface area contributed by atoms with Crippen LogP contribution in [0.1, 0.15) is 16.7 Å². The van der Waals surface area contributed by atoms with Crippen LogP contribution in [0, 0.1) is 10.1 Å². The van der Waals surface area contributed by atoms with Crippen molar-refractivity contribution in [2.45, 2.75) is 6.42 Å². The molecular weight excluding hydrogens is 240 g/mol. The zero-order valence-corrected chi connectivity index (χ0v) is 10.2. The van der Waals surface area contributed by atoms with Gasteiger partial charge in [-0.25, -0.2) is 0 Å². The number of benzene rings is 2. The van der Waals surface area contributed by atoms with Gasteiger partial charge < -0.3 is 0 Å². The Kier molecular flexibility index (Phi) is 2.83. The normalized spacial score (nSPS) is 13.6. The molecule has 0 amide bonds. The van der Waals surface area contributed by atoms with Crippen LogP contribution in [0.3, 0.4) is 0 Å². The molecule has 0 saturated heterocycles. The summed E-state index contributed by atoms with van der Waals surface area (Å²) >= 11 is 0. The molecule has 0 unspecified atom stereocenters. The summed E-state index contributed by atoms with van der Waals surface area (Å²) in [5, 5.41) is 10.8. The number of hydrogen-bond acceptors (Lipinski definition) is 3. The van der Waals surface area contributed by atoms with E-state index in [0.29, 0.717) is 0 Å². The zero-order chi connectivity index (χ0) is 13.2. The fourth-order valence-electron chi connectivity index (χ4n) is 2.36. The number of non-ortho nitro benzene ring substituents is 1. The molecule has 0 atom stereocenters. The summed E-state index contributed by atoms with van der Waals surface area (Å²) in [4.78, 5) is 15.0. The Labute approximate surface area is 110 Å². The summed E-state index contributed by atoms with van der Waals surface area (Å²) in [5.41, 5.74) is 4.09. The van der Waals surface area contributed by atoms with Gasteiger partial charge in [-0.05, 0) is 12.0 Å². The van der Waals surface area contributed by atoms with Crippen LogP contribution in [-0.4, -0.2) is 17.2 Å². The summed E-state index contributed by atoms with van der Waals surface area (Å²) < 4.78 is 0. The summed E-state index contributed by atoms with van der Waals surface area (Å²) in [6.07, 6.45) is 0.925. The van der Waals surface area contributed by atoms with Gasteiger partial charge in [0.1, 0.15) is 0 Å². The van der Waals surface area contributed by atoms with Gasteiger partial charge in [0.25, 0.3) is 5.69 Å². The van der Waals surface area contributed by atoms with Crippen LogP contribution in [0.2, 0.25) is 0 Å². The molecule has 2 aromatic carbocycles. The summed E-state index contributed by atoms with van der Waals surface area (Å²) in [6.45, 7) is 0.731. The number of rotatable bonds is 2. The highest BCUT2D eigenvalue weighted by atomic mass is 16.6. The molecule has 0 aromatic heterocycles. The second-order valence-electron chi connectivity index (χ2n) is 4.44. The van der Waals surface area contributed by atoms with Gasteiger partial charge in [-0.2, -0.15) is 0 Å². The number of hydrogen-bond donors (Lipinski definition) is 0. The van der Waals surface area contributed by atoms with Gasteiger partial charge in [-0.15, -0.1) is 0 Å². The molecule has 0 bridgehead atoms. The molecule has 94 valence electrons. The second-order valence-corrected chi connectivity index (χ2v) is 4.44. The molecule has 0 aliphatic carbocycles. The van der Waals surface area contributed by atoms with Crippen molar-refractivity contribution in [2.24, 2.45) is 4.99 Å². The topological polar surface area (TPSA) is 55.5 Å². The largest absolute Gasteiger partial charge is 0.284 e.